The summed E-state index contributed by atoms with van der Waals surface area (Å²) < 4.78 is 0.569. The summed E-state index contributed by atoms with van der Waals surface area (Å²) in [6.45, 7) is 0. The molecule has 0 aromatic heterocycles. The van der Waals surface area contributed by atoms with E-state index in [-0.39, 0.29) is 18.9 Å². The topological polar surface area (TPSA) is 40.5 Å². The minimum Gasteiger partial charge on any atom is -0.507 e. The first kappa shape index (κ1) is 12.6. The van der Waals surface area contributed by atoms with Gasteiger partial charge in [-0.25, -0.2) is 0 Å². The Morgan fingerprint density at radius 3 is 2.12 bits per heavy atom. The maximum absolute atomic E-state index is 9.69. The van der Waals surface area contributed by atoms with E-state index in [1.807, 2.05) is 30.3 Å². The van der Waals surface area contributed by atoms with Crippen molar-refractivity contribution in [1.82, 2.24) is 0 Å². The first-order chi connectivity index (χ1) is 7.18. The lowest BCUT2D eigenvalue weighted by atomic mass is 10.0. The van der Waals surface area contributed by atoms with Crippen LogP contribution in [0.5, 0.6) is 11.5 Å². The number of halogens is 1. The zero-order valence-electron chi connectivity index (χ0n) is 7.81. The Morgan fingerprint density at radius 1 is 0.875 bits per heavy atom. The van der Waals surface area contributed by atoms with E-state index in [4.69, 9.17) is 0 Å². The maximum Gasteiger partial charge on any atom is 0.133 e. The van der Waals surface area contributed by atoms with Gasteiger partial charge < -0.3 is 10.2 Å². The number of benzene rings is 2. The molecule has 3 heteroatoms. The molecule has 0 saturated heterocycles. The van der Waals surface area contributed by atoms with Crippen molar-refractivity contribution in [1.29, 1.82) is 0 Å². The Labute approximate surface area is 103 Å². The predicted molar refractivity (Wildman–Crippen MR) is 69.6 cm³/mol. The second kappa shape index (κ2) is 5.03. The van der Waals surface area contributed by atoms with Crippen molar-refractivity contribution < 1.29 is 10.2 Å². The number of rotatable bonds is 1. The number of phenolic OH excluding ortho intramolecular Hbond substituents is 2. The van der Waals surface area contributed by atoms with Crippen LogP contribution in [-0.2, 0) is 0 Å². The molecule has 0 amide bonds. The molecule has 0 aliphatic carbocycles. The van der Waals surface area contributed by atoms with Gasteiger partial charge in [-0.1, -0.05) is 37.8 Å². The van der Waals surface area contributed by atoms with Crippen LogP contribution in [0.15, 0.2) is 46.9 Å². The number of hydrogen-bond donors (Lipinski definition) is 2. The first-order valence-corrected chi connectivity index (χ1v) is 5.24. The summed E-state index contributed by atoms with van der Waals surface area (Å²) >= 11 is 3.22. The lowest BCUT2D eigenvalue weighted by Gasteiger charge is -2.06. The Morgan fingerprint density at radius 2 is 1.50 bits per heavy atom. The third kappa shape index (κ3) is 2.36. The monoisotopic (exact) mass is 280 g/mol. The molecule has 0 spiro atoms. The average Bonchev–Trinajstić information content (AvgIpc) is 2.25. The van der Waals surface area contributed by atoms with E-state index in [0.29, 0.717) is 10.0 Å². The van der Waals surface area contributed by atoms with Crippen LogP contribution in [0.3, 0.4) is 0 Å². The van der Waals surface area contributed by atoms with Gasteiger partial charge in [0.05, 0.1) is 4.47 Å². The molecule has 2 nitrogen and oxygen atoms in total. The summed E-state index contributed by atoms with van der Waals surface area (Å²) in [7, 11) is 0. The van der Waals surface area contributed by atoms with Gasteiger partial charge in [0, 0.05) is 11.6 Å². The molecule has 84 valence electrons. The highest BCUT2D eigenvalue weighted by Gasteiger charge is 2.07. The highest BCUT2D eigenvalue weighted by molar-refractivity contribution is 9.10. The highest BCUT2D eigenvalue weighted by atomic mass is 79.9. The first-order valence-electron chi connectivity index (χ1n) is 4.45. The van der Waals surface area contributed by atoms with Crippen LogP contribution in [0.25, 0.3) is 11.1 Å². The van der Waals surface area contributed by atoms with Gasteiger partial charge in [-0.3, -0.25) is 0 Å². The van der Waals surface area contributed by atoms with Crippen molar-refractivity contribution in [2.24, 2.45) is 0 Å². The normalized spacial score (nSPS) is 9.56. The summed E-state index contributed by atoms with van der Waals surface area (Å²) in [5, 5.41) is 19.1. The molecule has 0 heterocycles. The summed E-state index contributed by atoms with van der Waals surface area (Å²) in [6.07, 6.45) is 0. The summed E-state index contributed by atoms with van der Waals surface area (Å²) in [6, 6.07) is 12.5. The van der Waals surface area contributed by atoms with Gasteiger partial charge in [0.15, 0.2) is 0 Å². The lowest BCUT2D eigenvalue weighted by molar-refractivity contribution is 0.449. The van der Waals surface area contributed by atoms with Crippen molar-refractivity contribution in [3.8, 4) is 22.6 Å². The zero-order chi connectivity index (χ0) is 10.8. The molecule has 0 aliphatic heterocycles. The fourth-order valence-corrected chi connectivity index (χ4v) is 1.74. The maximum atomic E-state index is 9.69. The molecule has 2 rings (SSSR count). The van der Waals surface area contributed by atoms with Crippen LogP contribution in [-0.4, -0.2) is 10.2 Å². The van der Waals surface area contributed by atoms with Crippen LogP contribution in [0, 0.1) is 0 Å². The molecule has 16 heavy (non-hydrogen) atoms. The van der Waals surface area contributed by atoms with Crippen LogP contribution in [0.2, 0.25) is 0 Å². The van der Waals surface area contributed by atoms with Gasteiger partial charge in [0.1, 0.15) is 11.5 Å². The summed E-state index contributed by atoms with van der Waals surface area (Å²) in [5.74, 6) is 0.106. The molecule has 0 radical (unpaired) electrons. The molecular weight excluding hydrogens is 268 g/mol. The standard InChI is InChI=1S/C12H9BrO2.CH4/c13-10-6-9(11(14)7-12(10)15)8-4-2-1-3-5-8;/h1-7,14-15H;1H4. The second-order valence-corrected chi connectivity index (χ2v) is 4.04. The van der Waals surface area contributed by atoms with Crippen molar-refractivity contribution >= 4 is 15.9 Å². The van der Waals surface area contributed by atoms with Crippen LogP contribution >= 0.6 is 15.9 Å². The van der Waals surface area contributed by atoms with E-state index in [9.17, 15) is 10.2 Å². The molecule has 0 unspecified atom stereocenters. The molecule has 0 atom stereocenters. The highest BCUT2D eigenvalue weighted by Crippen LogP contribution is 2.37. The Hall–Kier alpha value is -1.48. The van der Waals surface area contributed by atoms with Crippen molar-refractivity contribution in [3.05, 3.63) is 46.9 Å². The van der Waals surface area contributed by atoms with E-state index in [1.165, 1.54) is 6.07 Å². The van der Waals surface area contributed by atoms with E-state index in [2.05, 4.69) is 15.9 Å². The van der Waals surface area contributed by atoms with Crippen molar-refractivity contribution in [3.63, 3.8) is 0 Å². The third-order valence-electron chi connectivity index (χ3n) is 2.15. The SMILES string of the molecule is C.Oc1cc(O)c(-c2ccccc2)cc1Br. The fourth-order valence-electron chi connectivity index (χ4n) is 1.40. The third-order valence-corrected chi connectivity index (χ3v) is 2.79. The van der Waals surface area contributed by atoms with Gasteiger partial charge >= 0.3 is 0 Å². The minimum atomic E-state index is 0. The Bertz CT molecular complexity index is 481. The molecule has 2 aromatic carbocycles. The minimum absolute atomic E-state index is 0. The Kier molecular flexibility index (Phi) is 3.96. The van der Waals surface area contributed by atoms with E-state index >= 15 is 0 Å². The van der Waals surface area contributed by atoms with E-state index < -0.39 is 0 Å². The molecule has 0 bridgehead atoms. The molecule has 0 saturated carbocycles. The molecule has 0 fully saturated rings. The smallest absolute Gasteiger partial charge is 0.133 e. The van der Waals surface area contributed by atoms with Crippen LogP contribution in [0.4, 0.5) is 0 Å². The van der Waals surface area contributed by atoms with Crippen molar-refractivity contribution in [2.45, 2.75) is 7.43 Å². The second-order valence-electron chi connectivity index (χ2n) is 3.19. The van der Waals surface area contributed by atoms with Crippen molar-refractivity contribution in [2.75, 3.05) is 0 Å². The average molecular weight is 281 g/mol. The van der Waals surface area contributed by atoms with E-state index in [0.717, 1.165) is 5.56 Å². The molecule has 0 aliphatic rings. The fraction of sp³-hybridized carbons (Fsp3) is 0.0769. The summed E-state index contributed by atoms with van der Waals surface area (Å²) in [5.41, 5.74) is 1.61. The number of aromatic hydroxyl groups is 2. The largest absolute Gasteiger partial charge is 0.507 e. The summed E-state index contributed by atoms with van der Waals surface area (Å²) in [4.78, 5) is 0. The molecule has 2 N–H and O–H groups in total. The van der Waals surface area contributed by atoms with Gasteiger partial charge in [-0.15, -0.1) is 0 Å². The van der Waals surface area contributed by atoms with Gasteiger partial charge in [-0.05, 0) is 27.6 Å². The quantitative estimate of drug-likeness (QED) is 0.823. The van der Waals surface area contributed by atoms with E-state index in [1.54, 1.807) is 6.07 Å². The van der Waals surface area contributed by atoms with Gasteiger partial charge in [0.2, 0.25) is 0 Å². The molecular formula is C13H13BrO2. The predicted octanol–water partition coefficient (Wildman–Crippen LogP) is 4.16. The number of phenols is 2. The Balaban J connectivity index is 0.00000128. The van der Waals surface area contributed by atoms with Gasteiger partial charge in [-0.2, -0.15) is 0 Å². The molecule has 2 aromatic rings. The zero-order valence-corrected chi connectivity index (χ0v) is 9.40. The lowest BCUT2D eigenvalue weighted by Crippen LogP contribution is -1.79. The number of hydrogen-bond acceptors (Lipinski definition) is 2. The van der Waals surface area contributed by atoms with Crippen LogP contribution in [0.1, 0.15) is 7.43 Å². The van der Waals surface area contributed by atoms with Crippen LogP contribution < -0.4 is 0 Å². The van der Waals surface area contributed by atoms with Gasteiger partial charge in [0.25, 0.3) is 0 Å².